The van der Waals surface area contributed by atoms with Crippen LogP contribution in [0.4, 0.5) is 17.6 Å². The van der Waals surface area contributed by atoms with Crippen LogP contribution in [-0.2, 0) is 0 Å². The third kappa shape index (κ3) is 4.87. The van der Waals surface area contributed by atoms with Gasteiger partial charge in [0, 0.05) is 5.56 Å². The molecule has 0 atom stereocenters. The summed E-state index contributed by atoms with van der Waals surface area (Å²) in [5.41, 5.74) is 1.12. The van der Waals surface area contributed by atoms with E-state index in [0.29, 0.717) is 11.8 Å². The largest absolute Gasteiger partial charge is 0.457 e. The Morgan fingerprint density at radius 1 is 0.812 bits per heavy atom. The van der Waals surface area contributed by atoms with E-state index in [9.17, 15) is 17.6 Å². The molecule has 0 aromatic heterocycles. The van der Waals surface area contributed by atoms with Gasteiger partial charge in [0.1, 0.15) is 5.82 Å². The number of ether oxygens (including phenoxy) is 1. The van der Waals surface area contributed by atoms with Crippen LogP contribution in [0.2, 0.25) is 0 Å². The topological polar surface area (TPSA) is 9.23 Å². The third-order valence-electron chi connectivity index (χ3n) is 7.56. The van der Waals surface area contributed by atoms with Crippen molar-refractivity contribution < 1.29 is 22.3 Å². The Bertz CT molecular complexity index is 918. The molecule has 0 unspecified atom stereocenters. The van der Waals surface area contributed by atoms with Crippen LogP contribution in [0.1, 0.15) is 62.8 Å². The molecule has 2 fully saturated rings. The molecule has 0 aliphatic heterocycles. The normalized spacial score (nSPS) is 26.0. The van der Waals surface area contributed by atoms with Crippen LogP contribution in [-0.4, -0.2) is 6.86 Å². The molecule has 2 aromatic carbocycles. The smallest absolute Gasteiger partial charge is 0.228 e. The van der Waals surface area contributed by atoms with Crippen molar-refractivity contribution >= 4 is 0 Å². The van der Waals surface area contributed by atoms with Gasteiger partial charge in [-0.25, -0.2) is 17.6 Å². The molecule has 2 aliphatic carbocycles. The lowest BCUT2D eigenvalue weighted by molar-refractivity contribution is 0.171. The van der Waals surface area contributed by atoms with Gasteiger partial charge in [0.2, 0.25) is 6.86 Å². The van der Waals surface area contributed by atoms with Gasteiger partial charge >= 0.3 is 0 Å². The highest BCUT2D eigenvalue weighted by atomic mass is 19.1. The quantitative estimate of drug-likeness (QED) is 0.320. The number of hydrogen-bond acceptors (Lipinski definition) is 1. The van der Waals surface area contributed by atoms with Crippen molar-refractivity contribution in [3.63, 3.8) is 0 Å². The second-order valence-corrected chi connectivity index (χ2v) is 9.28. The van der Waals surface area contributed by atoms with Gasteiger partial charge in [0.15, 0.2) is 17.4 Å². The lowest BCUT2D eigenvalue weighted by Gasteiger charge is -2.37. The van der Waals surface area contributed by atoms with Crippen molar-refractivity contribution in [2.24, 2.45) is 17.8 Å². The Morgan fingerprint density at radius 3 is 1.94 bits per heavy atom. The van der Waals surface area contributed by atoms with E-state index in [1.807, 2.05) is 6.07 Å². The van der Waals surface area contributed by atoms with Crippen molar-refractivity contribution in [2.75, 3.05) is 6.86 Å². The first-order valence-corrected chi connectivity index (χ1v) is 11.6. The Morgan fingerprint density at radius 2 is 1.41 bits per heavy atom. The molecule has 172 valence electrons. The van der Waals surface area contributed by atoms with Crippen molar-refractivity contribution in [2.45, 2.75) is 57.3 Å². The summed E-state index contributed by atoms with van der Waals surface area (Å²) in [6, 6.07) is 6.88. The average Bonchev–Trinajstić information content (AvgIpc) is 2.81. The van der Waals surface area contributed by atoms with Crippen molar-refractivity contribution in [3.8, 4) is 16.9 Å². The first-order valence-electron chi connectivity index (χ1n) is 11.6. The zero-order valence-electron chi connectivity index (χ0n) is 18.3. The van der Waals surface area contributed by atoms with Crippen LogP contribution in [0.25, 0.3) is 11.1 Å². The lowest BCUT2D eigenvalue weighted by atomic mass is 9.68. The zero-order chi connectivity index (χ0) is 22.7. The van der Waals surface area contributed by atoms with Gasteiger partial charge in [-0.05, 0) is 104 Å². The van der Waals surface area contributed by atoms with Crippen molar-refractivity contribution in [1.82, 2.24) is 0 Å². The molecule has 0 N–H and O–H groups in total. The molecule has 2 aromatic rings. The van der Waals surface area contributed by atoms with Gasteiger partial charge in [0.05, 0.1) is 0 Å². The fraction of sp³-hybridized carbons (Fsp3) is 0.481. The van der Waals surface area contributed by atoms with Crippen LogP contribution in [0.5, 0.6) is 5.75 Å². The van der Waals surface area contributed by atoms with Crippen LogP contribution >= 0.6 is 0 Å². The van der Waals surface area contributed by atoms with E-state index in [1.165, 1.54) is 44.6 Å². The van der Waals surface area contributed by atoms with Crippen molar-refractivity contribution in [3.05, 3.63) is 66.0 Å². The minimum Gasteiger partial charge on any atom is -0.457 e. The number of benzene rings is 2. The molecule has 2 aliphatic rings. The van der Waals surface area contributed by atoms with E-state index >= 15 is 0 Å². The number of allylic oxidation sites excluding steroid dienone is 1. The van der Waals surface area contributed by atoms with Gasteiger partial charge < -0.3 is 4.74 Å². The Labute approximate surface area is 187 Å². The van der Waals surface area contributed by atoms with E-state index in [2.05, 4.69) is 17.4 Å². The average molecular weight is 447 g/mol. The molecule has 5 heteroatoms. The molecule has 0 bridgehead atoms. The summed E-state index contributed by atoms with van der Waals surface area (Å²) in [6.45, 7) is 2.59. The third-order valence-corrected chi connectivity index (χ3v) is 7.56. The first-order chi connectivity index (χ1) is 15.5. The summed E-state index contributed by atoms with van der Waals surface area (Å²) < 4.78 is 59.6. The maximum Gasteiger partial charge on any atom is 0.228 e. The fourth-order valence-electron chi connectivity index (χ4n) is 5.70. The molecule has 0 radical (unpaired) electrons. The number of rotatable bonds is 6. The van der Waals surface area contributed by atoms with Gasteiger partial charge in [-0.2, -0.15) is 0 Å². The van der Waals surface area contributed by atoms with Crippen LogP contribution < -0.4 is 4.74 Å². The van der Waals surface area contributed by atoms with Crippen molar-refractivity contribution in [1.29, 1.82) is 0 Å². The molecule has 0 spiro atoms. The van der Waals surface area contributed by atoms with Crippen LogP contribution in [0.15, 0.2) is 43.0 Å². The van der Waals surface area contributed by atoms with Gasteiger partial charge in [-0.1, -0.05) is 18.2 Å². The number of halogens is 4. The molecule has 0 saturated heterocycles. The predicted molar refractivity (Wildman–Crippen MR) is 119 cm³/mol. The Balaban J connectivity index is 1.42. The predicted octanol–water partition coefficient (Wildman–Crippen LogP) is 8.34. The standard InChI is InChI=1S/C27H30F4O/c1-2-17-3-5-18(6-4-17)19-7-9-20(10-8-19)21-11-12-23(24(29)13-21)22-14-25(30)27(32-16-28)26(31)15-22/h2,11-15,17-20H,1,3-10,16H2. The Hall–Kier alpha value is -2.30. The summed E-state index contributed by atoms with van der Waals surface area (Å²) in [4.78, 5) is 0. The zero-order valence-corrected chi connectivity index (χ0v) is 18.3. The minimum atomic E-state index is -1.34. The molecule has 4 rings (SSSR count). The number of alkyl halides is 1. The van der Waals surface area contributed by atoms with Gasteiger partial charge in [-0.15, -0.1) is 6.58 Å². The SMILES string of the molecule is C=CC1CCC(C2CCC(c3ccc(-c4cc(F)c(OCF)c(F)c4)c(F)c3)CC2)CC1. The summed E-state index contributed by atoms with van der Waals surface area (Å²) in [7, 11) is 0. The second-order valence-electron chi connectivity index (χ2n) is 9.28. The van der Waals surface area contributed by atoms with Crippen LogP contribution in [0.3, 0.4) is 0 Å². The first kappa shape index (κ1) is 22.9. The summed E-state index contributed by atoms with van der Waals surface area (Å²) in [5, 5.41) is 0. The molecule has 1 nitrogen and oxygen atoms in total. The molecule has 0 amide bonds. The maximum absolute atomic E-state index is 14.9. The van der Waals surface area contributed by atoms with E-state index in [0.717, 1.165) is 42.4 Å². The fourth-order valence-corrected chi connectivity index (χ4v) is 5.70. The molecule has 32 heavy (non-hydrogen) atoms. The minimum absolute atomic E-state index is 0.0640. The Kier molecular flexibility index (Phi) is 7.22. The lowest BCUT2D eigenvalue weighted by Crippen LogP contribution is -2.25. The van der Waals surface area contributed by atoms with E-state index in [-0.39, 0.29) is 11.1 Å². The summed E-state index contributed by atoms with van der Waals surface area (Å²) >= 11 is 0. The maximum atomic E-state index is 14.9. The van der Waals surface area contributed by atoms with E-state index in [4.69, 9.17) is 0 Å². The monoisotopic (exact) mass is 446 g/mol. The summed E-state index contributed by atoms with van der Waals surface area (Å²) in [5.74, 6) is -0.847. The molecule has 0 heterocycles. The highest BCUT2D eigenvalue weighted by Crippen LogP contribution is 2.44. The summed E-state index contributed by atoms with van der Waals surface area (Å²) in [6.07, 6.45) is 11.6. The van der Waals surface area contributed by atoms with Gasteiger partial charge in [0.25, 0.3) is 0 Å². The van der Waals surface area contributed by atoms with Gasteiger partial charge in [-0.3, -0.25) is 0 Å². The van der Waals surface area contributed by atoms with E-state index < -0.39 is 30.1 Å². The van der Waals surface area contributed by atoms with Crippen LogP contribution in [0, 0.1) is 35.2 Å². The molecular weight excluding hydrogens is 416 g/mol. The second kappa shape index (κ2) is 10.1. The molecular formula is C27H30F4O. The molecule has 2 saturated carbocycles. The highest BCUT2D eigenvalue weighted by molar-refractivity contribution is 5.66. The highest BCUT2D eigenvalue weighted by Gasteiger charge is 2.31. The number of hydrogen-bond donors (Lipinski definition) is 0. The van der Waals surface area contributed by atoms with E-state index in [1.54, 1.807) is 6.07 Å².